The normalized spacial score (nSPS) is 10.7. The molecular weight excluding hydrogens is 364 g/mol. The zero-order valence-corrected chi connectivity index (χ0v) is 17.5. The number of carbonyl (C=O) groups is 2. The van der Waals surface area contributed by atoms with Crippen molar-refractivity contribution in [3.63, 3.8) is 0 Å². The summed E-state index contributed by atoms with van der Waals surface area (Å²) in [5.74, 6) is -0.801. The van der Waals surface area contributed by atoms with E-state index >= 15 is 0 Å². The van der Waals surface area contributed by atoms with Crippen molar-refractivity contribution in [1.29, 1.82) is 0 Å². The summed E-state index contributed by atoms with van der Waals surface area (Å²) in [6, 6.07) is 17.3. The van der Waals surface area contributed by atoms with Crippen molar-refractivity contribution in [3.05, 3.63) is 71.3 Å². The molecule has 0 heterocycles. The molecule has 0 aliphatic carbocycles. The molecule has 0 saturated heterocycles. The van der Waals surface area contributed by atoms with Crippen LogP contribution >= 0.6 is 0 Å². The molecule has 5 heteroatoms. The van der Waals surface area contributed by atoms with Gasteiger partial charge in [-0.3, -0.25) is 4.79 Å². The molecule has 0 unspecified atom stereocenters. The van der Waals surface area contributed by atoms with Crippen LogP contribution < -0.4 is 5.48 Å². The van der Waals surface area contributed by atoms with Crippen molar-refractivity contribution >= 4 is 11.9 Å². The average Bonchev–Trinajstić information content (AvgIpc) is 2.72. The summed E-state index contributed by atoms with van der Waals surface area (Å²) in [5.41, 5.74) is 5.26. The highest BCUT2D eigenvalue weighted by molar-refractivity contribution is 5.80. The predicted octanol–water partition coefficient (Wildman–Crippen LogP) is 3.71. The number of nitrogens with one attached hydrogen (secondary N) is 1. The lowest BCUT2D eigenvalue weighted by Gasteiger charge is -2.21. The lowest BCUT2D eigenvalue weighted by atomic mass is 10.0. The Morgan fingerprint density at radius 1 is 0.828 bits per heavy atom. The highest BCUT2D eigenvalue weighted by Gasteiger charge is 2.12. The number of carbonyl (C=O) groups excluding carboxylic acids is 2. The molecule has 2 rings (SSSR count). The van der Waals surface area contributed by atoms with Crippen molar-refractivity contribution in [2.75, 3.05) is 19.6 Å². The fraction of sp³-hybridized carbons (Fsp3) is 0.417. The van der Waals surface area contributed by atoms with E-state index in [1.165, 1.54) is 0 Å². The Bertz CT molecular complexity index is 756. The van der Waals surface area contributed by atoms with Gasteiger partial charge in [-0.2, -0.15) is 5.48 Å². The Balaban J connectivity index is 1.84. The van der Waals surface area contributed by atoms with E-state index in [0.717, 1.165) is 55.6 Å². The van der Waals surface area contributed by atoms with Crippen molar-refractivity contribution < 1.29 is 14.4 Å². The minimum Gasteiger partial charge on any atom is -0.340 e. The van der Waals surface area contributed by atoms with Crippen LogP contribution in [0.1, 0.15) is 43.4 Å². The maximum atomic E-state index is 12.3. The van der Waals surface area contributed by atoms with Gasteiger partial charge in [-0.1, -0.05) is 68.4 Å². The molecule has 5 nitrogen and oxygen atoms in total. The molecule has 0 aromatic heterocycles. The number of hydrogen-bond donors (Lipinski definition) is 1. The summed E-state index contributed by atoms with van der Waals surface area (Å²) in [5, 5.41) is 0. The van der Waals surface area contributed by atoms with Crippen LogP contribution in [-0.2, 0) is 33.7 Å². The number of hydroxylamine groups is 1. The molecule has 0 bridgehead atoms. The summed E-state index contributed by atoms with van der Waals surface area (Å²) in [6.45, 7) is 7.55. The third-order valence-corrected chi connectivity index (χ3v) is 4.72. The molecular formula is C24H32N2O3. The van der Waals surface area contributed by atoms with E-state index in [1.54, 1.807) is 0 Å². The largest absolute Gasteiger partial charge is 0.340 e. The lowest BCUT2D eigenvalue weighted by Crippen LogP contribution is -2.30. The number of rotatable bonds is 11. The van der Waals surface area contributed by atoms with E-state index in [-0.39, 0.29) is 18.7 Å². The zero-order valence-electron chi connectivity index (χ0n) is 17.5. The fourth-order valence-corrected chi connectivity index (χ4v) is 3.34. The van der Waals surface area contributed by atoms with Gasteiger partial charge in [0.1, 0.15) is 0 Å². The second-order valence-corrected chi connectivity index (χ2v) is 7.20. The second-order valence-electron chi connectivity index (χ2n) is 7.20. The van der Waals surface area contributed by atoms with Crippen LogP contribution in [0.5, 0.6) is 0 Å². The first kappa shape index (κ1) is 22.6. The van der Waals surface area contributed by atoms with Crippen molar-refractivity contribution in [1.82, 2.24) is 10.4 Å². The second kappa shape index (κ2) is 12.7. The van der Waals surface area contributed by atoms with Gasteiger partial charge in [0.05, 0.1) is 12.8 Å². The maximum Gasteiger partial charge on any atom is 0.336 e. The smallest absolute Gasteiger partial charge is 0.336 e. The number of amides is 1. The minimum absolute atomic E-state index is 0.127. The quantitative estimate of drug-likeness (QED) is 0.588. The molecule has 29 heavy (non-hydrogen) atoms. The van der Waals surface area contributed by atoms with Gasteiger partial charge in [-0.15, -0.1) is 0 Å². The van der Waals surface area contributed by atoms with Gasteiger partial charge in [0.15, 0.2) is 0 Å². The van der Waals surface area contributed by atoms with Gasteiger partial charge < -0.3 is 9.74 Å². The SMILES string of the molecule is CCCN(CCC)CCc1ccccc1CC(=O)NOC(=O)Cc1ccccc1. The van der Waals surface area contributed by atoms with Gasteiger partial charge in [-0.05, 0) is 49.0 Å². The van der Waals surface area contributed by atoms with Crippen molar-refractivity contribution in [2.45, 2.75) is 46.0 Å². The summed E-state index contributed by atoms with van der Waals surface area (Å²) >= 11 is 0. The highest BCUT2D eigenvalue weighted by atomic mass is 16.7. The van der Waals surface area contributed by atoms with E-state index in [4.69, 9.17) is 4.84 Å². The van der Waals surface area contributed by atoms with Gasteiger partial charge in [0.25, 0.3) is 5.91 Å². The summed E-state index contributed by atoms with van der Waals surface area (Å²) in [6.07, 6.45) is 3.49. The summed E-state index contributed by atoms with van der Waals surface area (Å²) < 4.78 is 0. The topological polar surface area (TPSA) is 58.6 Å². The first-order valence-corrected chi connectivity index (χ1v) is 10.4. The molecule has 2 aromatic carbocycles. The molecule has 0 saturated carbocycles. The van der Waals surface area contributed by atoms with E-state index in [9.17, 15) is 9.59 Å². The molecule has 1 amide bonds. The zero-order chi connectivity index (χ0) is 20.9. The molecule has 1 N–H and O–H groups in total. The molecule has 0 fully saturated rings. The maximum absolute atomic E-state index is 12.3. The van der Waals surface area contributed by atoms with Crippen LogP contribution in [0.3, 0.4) is 0 Å². The average molecular weight is 397 g/mol. The summed E-state index contributed by atoms with van der Waals surface area (Å²) in [4.78, 5) is 31.6. The Morgan fingerprint density at radius 3 is 2.10 bits per heavy atom. The lowest BCUT2D eigenvalue weighted by molar-refractivity contribution is -0.157. The van der Waals surface area contributed by atoms with Crippen LogP contribution in [0.25, 0.3) is 0 Å². The van der Waals surface area contributed by atoms with E-state index in [1.807, 2.05) is 48.5 Å². The first-order valence-electron chi connectivity index (χ1n) is 10.4. The molecule has 0 atom stereocenters. The van der Waals surface area contributed by atoms with Gasteiger partial charge in [0, 0.05) is 6.54 Å². The molecule has 0 spiro atoms. The number of hydrogen-bond acceptors (Lipinski definition) is 4. The van der Waals surface area contributed by atoms with Crippen molar-refractivity contribution in [3.8, 4) is 0 Å². The molecule has 156 valence electrons. The van der Waals surface area contributed by atoms with E-state index in [2.05, 4.69) is 30.3 Å². The fourth-order valence-electron chi connectivity index (χ4n) is 3.34. The Hall–Kier alpha value is -2.66. The van der Waals surface area contributed by atoms with Gasteiger partial charge >= 0.3 is 5.97 Å². The minimum atomic E-state index is -0.479. The monoisotopic (exact) mass is 396 g/mol. The van der Waals surface area contributed by atoms with Crippen LogP contribution in [0.4, 0.5) is 0 Å². The van der Waals surface area contributed by atoms with E-state index in [0.29, 0.717) is 0 Å². The third kappa shape index (κ3) is 8.48. The molecule has 0 radical (unpaired) electrons. The van der Waals surface area contributed by atoms with Crippen LogP contribution in [0.2, 0.25) is 0 Å². The predicted molar refractivity (Wildman–Crippen MR) is 115 cm³/mol. The van der Waals surface area contributed by atoms with Gasteiger partial charge in [0.2, 0.25) is 0 Å². The Morgan fingerprint density at radius 2 is 1.45 bits per heavy atom. The molecule has 0 aliphatic rings. The van der Waals surface area contributed by atoms with Crippen LogP contribution in [0.15, 0.2) is 54.6 Å². The number of nitrogens with zero attached hydrogens (tertiary/aromatic N) is 1. The highest BCUT2D eigenvalue weighted by Crippen LogP contribution is 2.12. The standard InChI is InChI=1S/C24H32N2O3/c1-3-15-26(16-4-2)17-14-21-12-8-9-13-22(21)19-23(27)25-29-24(28)18-20-10-6-5-7-11-20/h5-13H,3-4,14-19H2,1-2H3,(H,25,27). The van der Waals surface area contributed by atoms with Crippen molar-refractivity contribution in [2.24, 2.45) is 0 Å². The van der Waals surface area contributed by atoms with Crippen LogP contribution in [0, 0.1) is 0 Å². The third-order valence-electron chi connectivity index (χ3n) is 4.72. The number of benzene rings is 2. The van der Waals surface area contributed by atoms with E-state index < -0.39 is 5.97 Å². The van der Waals surface area contributed by atoms with Gasteiger partial charge in [-0.25, -0.2) is 4.79 Å². The summed E-state index contributed by atoms with van der Waals surface area (Å²) in [7, 11) is 0. The Kier molecular flexibility index (Phi) is 9.93. The molecule has 2 aromatic rings. The van der Waals surface area contributed by atoms with Crippen LogP contribution in [-0.4, -0.2) is 36.4 Å². The molecule has 0 aliphatic heterocycles. The first-order chi connectivity index (χ1) is 14.1. The Labute approximate surface area is 174 Å².